The van der Waals surface area contributed by atoms with E-state index in [1.807, 2.05) is 24.3 Å². The highest BCUT2D eigenvalue weighted by molar-refractivity contribution is 5.37. The van der Waals surface area contributed by atoms with Crippen molar-refractivity contribution in [3.63, 3.8) is 0 Å². The summed E-state index contributed by atoms with van der Waals surface area (Å²) >= 11 is 0. The van der Waals surface area contributed by atoms with E-state index < -0.39 is 11.6 Å². The first-order valence-corrected chi connectivity index (χ1v) is 6.36. The van der Waals surface area contributed by atoms with E-state index in [4.69, 9.17) is 0 Å². The van der Waals surface area contributed by atoms with Gasteiger partial charge in [-0.1, -0.05) is 31.2 Å². The van der Waals surface area contributed by atoms with Crippen LogP contribution in [0.15, 0.2) is 42.5 Å². The lowest BCUT2D eigenvalue weighted by atomic mass is 9.93. The van der Waals surface area contributed by atoms with E-state index in [-0.39, 0.29) is 6.04 Å². The highest BCUT2D eigenvalue weighted by Crippen LogP contribution is 2.26. The van der Waals surface area contributed by atoms with Crippen molar-refractivity contribution >= 4 is 0 Å². The first-order chi connectivity index (χ1) is 9.15. The Labute approximate surface area is 112 Å². The predicted molar refractivity (Wildman–Crippen MR) is 73.1 cm³/mol. The van der Waals surface area contributed by atoms with Crippen LogP contribution in [0.1, 0.15) is 29.7 Å². The van der Waals surface area contributed by atoms with E-state index in [0.29, 0.717) is 5.56 Å². The Hall–Kier alpha value is -1.74. The van der Waals surface area contributed by atoms with E-state index in [2.05, 4.69) is 12.2 Å². The molecule has 19 heavy (non-hydrogen) atoms. The normalized spacial score (nSPS) is 12.4. The number of nitrogens with one attached hydrogen (secondary N) is 1. The van der Waals surface area contributed by atoms with Crippen LogP contribution in [0.5, 0.6) is 0 Å². The van der Waals surface area contributed by atoms with Crippen molar-refractivity contribution in [2.75, 3.05) is 7.05 Å². The van der Waals surface area contributed by atoms with E-state index in [1.165, 1.54) is 17.7 Å². The summed E-state index contributed by atoms with van der Waals surface area (Å²) in [6.45, 7) is 2.07. The van der Waals surface area contributed by atoms with Crippen molar-refractivity contribution in [3.8, 4) is 0 Å². The van der Waals surface area contributed by atoms with Crippen molar-refractivity contribution in [2.24, 2.45) is 0 Å². The molecule has 0 amide bonds. The van der Waals surface area contributed by atoms with E-state index in [1.54, 1.807) is 7.05 Å². The molecule has 0 aliphatic rings. The van der Waals surface area contributed by atoms with Gasteiger partial charge in [0, 0.05) is 6.07 Å². The molecule has 0 aromatic heterocycles. The summed E-state index contributed by atoms with van der Waals surface area (Å²) in [5.74, 6) is -1.10. The minimum absolute atomic E-state index is 0.207. The summed E-state index contributed by atoms with van der Waals surface area (Å²) in [6, 6.07) is 11.4. The van der Waals surface area contributed by atoms with Crippen LogP contribution >= 0.6 is 0 Å². The zero-order chi connectivity index (χ0) is 13.8. The lowest BCUT2D eigenvalue weighted by molar-refractivity contribution is 0.571. The van der Waals surface area contributed by atoms with Crippen molar-refractivity contribution in [1.29, 1.82) is 0 Å². The maximum absolute atomic E-state index is 13.4. The molecule has 1 unspecified atom stereocenters. The van der Waals surface area contributed by atoms with Crippen LogP contribution in [0.25, 0.3) is 0 Å². The summed E-state index contributed by atoms with van der Waals surface area (Å²) in [4.78, 5) is 0. The van der Waals surface area contributed by atoms with Gasteiger partial charge in [-0.15, -0.1) is 0 Å². The third kappa shape index (κ3) is 2.99. The van der Waals surface area contributed by atoms with Crippen LogP contribution in [0.4, 0.5) is 8.78 Å². The van der Waals surface area contributed by atoms with Gasteiger partial charge in [-0.2, -0.15) is 0 Å². The molecule has 1 N–H and O–H groups in total. The first kappa shape index (κ1) is 13.7. The summed E-state index contributed by atoms with van der Waals surface area (Å²) < 4.78 is 26.7. The lowest BCUT2D eigenvalue weighted by Gasteiger charge is -2.20. The fourth-order valence-corrected chi connectivity index (χ4v) is 2.38. The Bertz CT molecular complexity index is 546. The number of halogens is 2. The van der Waals surface area contributed by atoms with Crippen molar-refractivity contribution in [2.45, 2.75) is 19.4 Å². The van der Waals surface area contributed by atoms with Gasteiger partial charge in [-0.3, -0.25) is 0 Å². The van der Waals surface area contributed by atoms with E-state index in [0.717, 1.165) is 18.1 Å². The van der Waals surface area contributed by atoms with Crippen LogP contribution in [-0.4, -0.2) is 7.05 Å². The van der Waals surface area contributed by atoms with Crippen molar-refractivity contribution in [3.05, 3.63) is 70.8 Å². The average molecular weight is 261 g/mol. The van der Waals surface area contributed by atoms with Crippen LogP contribution in [0, 0.1) is 11.6 Å². The number of rotatable bonds is 4. The SMILES string of the molecule is CCc1ccccc1C(NC)c1cc(F)cc(F)c1. The average Bonchev–Trinajstić information content (AvgIpc) is 2.39. The van der Waals surface area contributed by atoms with Crippen LogP contribution < -0.4 is 5.32 Å². The van der Waals surface area contributed by atoms with E-state index in [9.17, 15) is 8.78 Å². The Morgan fingerprint density at radius 1 is 1.05 bits per heavy atom. The largest absolute Gasteiger partial charge is 0.309 e. The number of hydrogen-bond acceptors (Lipinski definition) is 1. The van der Waals surface area contributed by atoms with Gasteiger partial charge in [-0.25, -0.2) is 8.78 Å². The van der Waals surface area contributed by atoms with Crippen LogP contribution in [0.3, 0.4) is 0 Å². The molecule has 2 rings (SSSR count). The van der Waals surface area contributed by atoms with Gasteiger partial charge in [0.2, 0.25) is 0 Å². The molecule has 0 saturated heterocycles. The van der Waals surface area contributed by atoms with Gasteiger partial charge in [0.15, 0.2) is 0 Å². The Morgan fingerprint density at radius 3 is 2.26 bits per heavy atom. The monoisotopic (exact) mass is 261 g/mol. The summed E-state index contributed by atoms with van der Waals surface area (Å²) in [5, 5.41) is 3.13. The fraction of sp³-hybridized carbons (Fsp3) is 0.250. The smallest absolute Gasteiger partial charge is 0.126 e. The second-order valence-electron chi connectivity index (χ2n) is 4.48. The third-order valence-electron chi connectivity index (χ3n) is 3.25. The van der Waals surface area contributed by atoms with Gasteiger partial charge in [0.05, 0.1) is 6.04 Å². The molecule has 0 bridgehead atoms. The number of hydrogen-bond donors (Lipinski definition) is 1. The fourth-order valence-electron chi connectivity index (χ4n) is 2.38. The minimum Gasteiger partial charge on any atom is -0.309 e. The molecule has 0 fully saturated rings. The molecule has 0 aliphatic carbocycles. The standard InChI is InChI=1S/C16H17F2N/c1-3-11-6-4-5-7-15(11)16(19-2)12-8-13(17)10-14(18)9-12/h4-10,16,19H,3H2,1-2H3. The van der Waals surface area contributed by atoms with Gasteiger partial charge >= 0.3 is 0 Å². The quantitative estimate of drug-likeness (QED) is 0.881. The Kier molecular flexibility index (Phi) is 4.27. The summed E-state index contributed by atoms with van der Waals surface area (Å²) in [6.07, 6.45) is 0.881. The zero-order valence-electron chi connectivity index (χ0n) is 11.1. The zero-order valence-corrected chi connectivity index (χ0v) is 11.1. The molecular weight excluding hydrogens is 244 g/mol. The van der Waals surface area contributed by atoms with Gasteiger partial charge < -0.3 is 5.32 Å². The molecule has 2 aromatic rings. The minimum atomic E-state index is -0.552. The van der Waals surface area contributed by atoms with Gasteiger partial charge in [0.1, 0.15) is 11.6 Å². The van der Waals surface area contributed by atoms with Gasteiger partial charge in [0.25, 0.3) is 0 Å². The highest BCUT2D eigenvalue weighted by atomic mass is 19.1. The summed E-state index contributed by atoms with van der Waals surface area (Å²) in [5.41, 5.74) is 2.82. The second-order valence-corrected chi connectivity index (χ2v) is 4.48. The predicted octanol–water partition coefficient (Wildman–Crippen LogP) is 3.84. The van der Waals surface area contributed by atoms with Crippen molar-refractivity contribution in [1.82, 2.24) is 5.32 Å². The maximum atomic E-state index is 13.4. The maximum Gasteiger partial charge on any atom is 0.126 e. The molecule has 1 nitrogen and oxygen atoms in total. The lowest BCUT2D eigenvalue weighted by Crippen LogP contribution is -2.19. The first-order valence-electron chi connectivity index (χ1n) is 6.36. The Balaban J connectivity index is 2.49. The van der Waals surface area contributed by atoms with Gasteiger partial charge in [-0.05, 0) is 42.3 Å². The number of benzene rings is 2. The Morgan fingerprint density at radius 2 is 1.68 bits per heavy atom. The van der Waals surface area contributed by atoms with Crippen molar-refractivity contribution < 1.29 is 8.78 Å². The number of aryl methyl sites for hydroxylation is 1. The molecule has 3 heteroatoms. The molecule has 0 heterocycles. The molecule has 0 radical (unpaired) electrons. The molecule has 0 spiro atoms. The molecule has 2 aromatic carbocycles. The molecule has 100 valence electrons. The second kappa shape index (κ2) is 5.93. The molecule has 1 atom stereocenters. The molecular formula is C16H17F2N. The topological polar surface area (TPSA) is 12.0 Å². The third-order valence-corrected chi connectivity index (χ3v) is 3.25. The van der Waals surface area contributed by atoms with Crippen LogP contribution in [-0.2, 0) is 6.42 Å². The molecule has 0 saturated carbocycles. The highest BCUT2D eigenvalue weighted by Gasteiger charge is 2.16. The van der Waals surface area contributed by atoms with Crippen LogP contribution in [0.2, 0.25) is 0 Å². The van der Waals surface area contributed by atoms with E-state index >= 15 is 0 Å². The molecule has 0 aliphatic heterocycles. The summed E-state index contributed by atoms with van der Waals surface area (Å²) in [7, 11) is 1.79.